The summed E-state index contributed by atoms with van der Waals surface area (Å²) in [6, 6.07) is 15.1. The molecule has 1 unspecified atom stereocenters. The summed E-state index contributed by atoms with van der Waals surface area (Å²) in [4.78, 5) is 78.8. The number of para-hydroxylation sites is 1. The van der Waals surface area contributed by atoms with E-state index < -0.39 is 41.9 Å². The van der Waals surface area contributed by atoms with Crippen molar-refractivity contribution in [3.05, 3.63) is 146 Å². The number of ether oxygens (including phenoxy) is 6. The Morgan fingerprint density at radius 3 is 2.11 bits per heavy atom. The summed E-state index contributed by atoms with van der Waals surface area (Å²) in [6.07, 6.45) is 6.17. The molecular formula is C40H29N3O12S. The molecule has 282 valence electrons. The van der Waals surface area contributed by atoms with Gasteiger partial charge in [0.1, 0.15) is 17.3 Å². The van der Waals surface area contributed by atoms with Gasteiger partial charge in [-0.2, -0.15) is 5.10 Å². The molecule has 1 heterocycles. The quantitative estimate of drug-likeness (QED) is 0.0479. The molecule has 1 atom stereocenters. The zero-order valence-corrected chi connectivity index (χ0v) is 29.9. The van der Waals surface area contributed by atoms with E-state index in [0.717, 1.165) is 40.6 Å². The van der Waals surface area contributed by atoms with Gasteiger partial charge >= 0.3 is 35.8 Å². The summed E-state index contributed by atoms with van der Waals surface area (Å²) < 4.78 is 32.9. The van der Waals surface area contributed by atoms with E-state index in [0.29, 0.717) is 5.13 Å². The molecule has 3 aromatic carbocycles. The van der Waals surface area contributed by atoms with E-state index in [1.165, 1.54) is 60.0 Å². The normalized spacial score (nSPS) is 13.2. The van der Waals surface area contributed by atoms with Crippen LogP contribution < -0.4 is 24.4 Å². The Labute approximate surface area is 322 Å². The Morgan fingerprint density at radius 2 is 1.39 bits per heavy atom. The Bertz CT molecular complexity index is 2360. The second-order valence-electron chi connectivity index (χ2n) is 11.0. The fourth-order valence-electron chi connectivity index (χ4n) is 4.65. The van der Waals surface area contributed by atoms with Crippen molar-refractivity contribution in [1.29, 1.82) is 0 Å². The van der Waals surface area contributed by atoms with Crippen LogP contribution in [-0.4, -0.2) is 53.1 Å². The number of hydrazone groups is 1. The van der Waals surface area contributed by atoms with Gasteiger partial charge in [0.2, 0.25) is 5.13 Å². The fraction of sp³-hybridized carbons (Fsp3) is 0.0500. The van der Waals surface area contributed by atoms with Gasteiger partial charge in [-0.25, -0.2) is 33.8 Å². The highest BCUT2D eigenvalue weighted by molar-refractivity contribution is 7.22. The molecule has 0 saturated carbocycles. The SMILES string of the molecule is C=CC(=O)OC1=CC=C(C(=O)Oc2ccc(OC(=O)c3ccc(OC(=O)C=C)c(OC(=O)C=C)c3)cc2/C=N/Nc2nc3ccccc3s2)CC1OC(=O)C=C. The number of nitrogens with one attached hydrogen (secondary N) is 1. The van der Waals surface area contributed by atoms with Crippen molar-refractivity contribution >= 4 is 68.7 Å². The molecular weight excluding hydrogens is 747 g/mol. The van der Waals surface area contributed by atoms with Gasteiger partial charge in [0.05, 0.1) is 22.0 Å². The van der Waals surface area contributed by atoms with Crippen LogP contribution in [0.3, 0.4) is 0 Å². The minimum atomic E-state index is -1.17. The van der Waals surface area contributed by atoms with Crippen LogP contribution in [0, 0.1) is 0 Å². The van der Waals surface area contributed by atoms with Crippen LogP contribution in [-0.2, 0) is 33.4 Å². The van der Waals surface area contributed by atoms with E-state index >= 15 is 0 Å². The van der Waals surface area contributed by atoms with Gasteiger partial charge in [0, 0.05) is 41.9 Å². The molecule has 1 aliphatic rings. The molecule has 16 heteroatoms. The molecule has 5 rings (SSSR count). The highest BCUT2D eigenvalue weighted by Crippen LogP contribution is 2.32. The lowest BCUT2D eigenvalue weighted by Crippen LogP contribution is -2.27. The summed E-state index contributed by atoms with van der Waals surface area (Å²) in [5.41, 5.74) is 3.69. The van der Waals surface area contributed by atoms with Gasteiger partial charge in [-0.1, -0.05) is 49.8 Å². The molecule has 1 aliphatic carbocycles. The number of thiazole rings is 1. The van der Waals surface area contributed by atoms with Crippen molar-refractivity contribution in [1.82, 2.24) is 4.98 Å². The van der Waals surface area contributed by atoms with E-state index in [-0.39, 0.29) is 51.9 Å². The number of hydrogen-bond acceptors (Lipinski definition) is 16. The van der Waals surface area contributed by atoms with Crippen molar-refractivity contribution in [2.75, 3.05) is 5.43 Å². The second-order valence-corrected chi connectivity index (χ2v) is 12.0. The highest BCUT2D eigenvalue weighted by atomic mass is 32.1. The zero-order valence-electron chi connectivity index (χ0n) is 29.1. The number of esters is 6. The number of fused-ring (bicyclic) bond motifs is 1. The minimum Gasteiger partial charge on any atom is -0.451 e. The van der Waals surface area contributed by atoms with E-state index in [1.54, 1.807) is 0 Å². The van der Waals surface area contributed by atoms with E-state index in [1.807, 2.05) is 24.3 Å². The molecule has 1 N–H and O–H groups in total. The lowest BCUT2D eigenvalue weighted by molar-refractivity contribution is -0.147. The van der Waals surface area contributed by atoms with E-state index in [4.69, 9.17) is 28.4 Å². The topological polar surface area (TPSA) is 195 Å². The molecule has 56 heavy (non-hydrogen) atoms. The van der Waals surface area contributed by atoms with Crippen LogP contribution in [0.4, 0.5) is 5.13 Å². The van der Waals surface area contributed by atoms with Crippen LogP contribution >= 0.6 is 11.3 Å². The lowest BCUT2D eigenvalue weighted by atomic mass is 10.0. The number of benzene rings is 3. The summed E-state index contributed by atoms with van der Waals surface area (Å²) >= 11 is 1.35. The maximum absolute atomic E-state index is 13.5. The smallest absolute Gasteiger partial charge is 0.343 e. The van der Waals surface area contributed by atoms with Gasteiger partial charge in [-0.15, -0.1) is 0 Å². The molecule has 4 aromatic rings. The molecule has 0 fully saturated rings. The standard InChI is InChI=1S/C40H29N3O12S/c1-5-34(44)51-29-16-13-23(20-31(29)53-36(46)7-3)38(48)50-26-15-18-28(25(19-26)22-41-43-40-42-27-11-9-10-12-33(27)56-40)55-39(49)24-14-17-30(52-35(45)6-2)32(21-24)54-37(47)8-4/h5-20,22,32H,1-4,21H2,(H,42,43)/b41-22+. The average molecular weight is 776 g/mol. The Balaban J connectivity index is 1.42. The Morgan fingerprint density at radius 1 is 0.714 bits per heavy atom. The van der Waals surface area contributed by atoms with Crippen LogP contribution in [0.25, 0.3) is 10.2 Å². The number of rotatable bonds is 15. The van der Waals surface area contributed by atoms with Crippen LogP contribution in [0.1, 0.15) is 22.3 Å². The number of allylic oxidation sites excluding steroid dienone is 2. The Hall–Kier alpha value is -7.72. The minimum absolute atomic E-state index is 0.0204. The monoisotopic (exact) mass is 775 g/mol. The van der Waals surface area contributed by atoms with Crippen molar-refractivity contribution in [3.8, 4) is 23.0 Å². The first-order valence-corrected chi connectivity index (χ1v) is 17.0. The highest BCUT2D eigenvalue weighted by Gasteiger charge is 2.29. The van der Waals surface area contributed by atoms with Gasteiger partial charge in [-0.3, -0.25) is 5.43 Å². The van der Waals surface area contributed by atoms with Crippen molar-refractivity contribution < 1.29 is 57.2 Å². The summed E-state index contributed by atoms with van der Waals surface area (Å²) in [5, 5.41) is 4.71. The van der Waals surface area contributed by atoms with Gasteiger partial charge in [0.25, 0.3) is 0 Å². The largest absolute Gasteiger partial charge is 0.451 e. The van der Waals surface area contributed by atoms with Crippen LogP contribution in [0.15, 0.2) is 140 Å². The van der Waals surface area contributed by atoms with E-state index in [2.05, 4.69) is 41.8 Å². The van der Waals surface area contributed by atoms with Gasteiger partial charge < -0.3 is 28.4 Å². The number of anilines is 1. The van der Waals surface area contributed by atoms with Crippen molar-refractivity contribution in [2.45, 2.75) is 12.5 Å². The molecule has 0 spiro atoms. The zero-order chi connectivity index (χ0) is 40.2. The third-order valence-electron chi connectivity index (χ3n) is 7.23. The molecule has 0 amide bonds. The predicted molar refractivity (Wildman–Crippen MR) is 203 cm³/mol. The molecule has 15 nitrogen and oxygen atoms in total. The number of hydrogen-bond donors (Lipinski definition) is 1. The maximum Gasteiger partial charge on any atom is 0.343 e. The summed E-state index contributed by atoms with van der Waals surface area (Å²) in [5.74, 6) is -5.64. The average Bonchev–Trinajstić information content (AvgIpc) is 3.62. The number of carbonyl (C=O) groups is 6. The fourth-order valence-corrected chi connectivity index (χ4v) is 5.46. The molecule has 0 radical (unpaired) electrons. The number of carbonyl (C=O) groups excluding carboxylic acids is 6. The third kappa shape index (κ3) is 10.2. The molecule has 0 aliphatic heterocycles. The first-order chi connectivity index (χ1) is 27.0. The van der Waals surface area contributed by atoms with Gasteiger partial charge in [0.15, 0.2) is 17.6 Å². The van der Waals surface area contributed by atoms with E-state index in [9.17, 15) is 28.8 Å². The first kappa shape index (κ1) is 39.5. The number of nitrogens with zero attached hydrogens (tertiary/aromatic N) is 2. The van der Waals surface area contributed by atoms with Crippen molar-refractivity contribution in [2.24, 2.45) is 5.10 Å². The summed E-state index contributed by atoms with van der Waals surface area (Å²) in [7, 11) is 0. The van der Waals surface area contributed by atoms with Gasteiger partial charge in [-0.05, 0) is 60.7 Å². The lowest BCUT2D eigenvalue weighted by Gasteiger charge is -2.23. The van der Waals surface area contributed by atoms with Crippen molar-refractivity contribution in [3.63, 3.8) is 0 Å². The molecule has 1 aromatic heterocycles. The molecule has 0 saturated heterocycles. The maximum atomic E-state index is 13.5. The third-order valence-corrected chi connectivity index (χ3v) is 8.17. The Kier molecular flexibility index (Phi) is 12.9. The molecule has 0 bridgehead atoms. The summed E-state index contributed by atoms with van der Waals surface area (Å²) in [6.45, 7) is 13.4. The second kappa shape index (κ2) is 18.4. The first-order valence-electron chi connectivity index (χ1n) is 16.1. The predicted octanol–water partition coefficient (Wildman–Crippen LogP) is 6.09. The number of aromatic nitrogens is 1. The van der Waals surface area contributed by atoms with Crippen LogP contribution in [0.2, 0.25) is 0 Å². The van der Waals surface area contributed by atoms with Crippen LogP contribution in [0.5, 0.6) is 23.0 Å².